The Morgan fingerprint density at radius 3 is 2.86 bits per heavy atom. The van der Waals surface area contributed by atoms with Gasteiger partial charge in [-0.05, 0) is 28.1 Å². The molecule has 1 heterocycles. The summed E-state index contributed by atoms with van der Waals surface area (Å²) < 4.78 is 0.626. The number of benzene rings is 1. The summed E-state index contributed by atoms with van der Waals surface area (Å²) >= 11 is 3.24. The van der Waals surface area contributed by atoms with Crippen molar-refractivity contribution in [3.05, 3.63) is 22.2 Å². The number of fused-ring (bicyclic) bond motifs is 1. The largest absolute Gasteiger partial charge is 0.369 e. The Bertz CT molecular complexity index is 519. The summed E-state index contributed by atoms with van der Waals surface area (Å²) in [6.45, 7) is 0. The van der Waals surface area contributed by atoms with Crippen LogP contribution in [0.25, 0.3) is 11.0 Å². The smallest absolute Gasteiger partial charge is 0.249 e. The minimum Gasteiger partial charge on any atom is -0.369 e. The number of aromatic nitrogens is 2. The average molecular weight is 255 g/mol. The van der Waals surface area contributed by atoms with Crippen LogP contribution in [0.15, 0.2) is 16.6 Å². The van der Waals surface area contributed by atoms with Gasteiger partial charge < -0.3 is 16.5 Å². The van der Waals surface area contributed by atoms with E-state index in [9.17, 15) is 4.79 Å². The van der Waals surface area contributed by atoms with Crippen LogP contribution in [-0.4, -0.2) is 15.9 Å². The molecule has 0 radical (unpaired) electrons. The molecular weight excluding hydrogens is 248 g/mol. The number of H-pyrrole nitrogens is 1. The molecule has 1 amide bonds. The molecule has 0 saturated heterocycles. The highest BCUT2D eigenvalue weighted by atomic mass is 79.9. The van der Waals surface area contributed by atoms with Crippen LogP contribution in [0.3, 0.4) is 0 Å². The Labute approximate surface area is 87.6 Å². The van der Waals surface area contributed by atoms with E-state index < -0.39 is 5.91 Å². The van der Waals surface area contributed by atoms with Crippen molar-refractivity contribution in [2.45, 2.75) is 0 Å². The van der Waals surface area contributed by atoms with Crippen molar-refractivity contribution in [2.75, 3.05) is 5.73 Å². The molecule has 1 aromatic carbocycles. The van der Waals surface area contributed by atoms with Crippen LogP contribution >= 0.6 is 15.9 Å². The Hall–Kier alpha value is -1.56. The third-order valence-corrected chi connectivity index (χ3v) is 2.51. The van der Waals surface area contributed by atoms with Gasteiger partial charge >= 0.3 is 0 Å². The number of hydrogen-bond donors (Lipinski definition) is 3. The molecule has 0 bridgehead atoms. The number of aromatic amines is 1. The third kappa shape index (κ3) is 1.33. The number of amides is 1. The van der Waals surface area contributed by atoms with E-state index >= 15 is 0 Å². The first-order chi connectivity index (χ1) is 6.58. The highest BCUT2D eigenvalue weighted by Gasteiger charge is 2.09. The quantitative estimate of drug-likeness (QED) is 0.709. The molecule has 2 rings (SSSR count). The van der Waals surface area contributed by atoms with Crippen LogP contribution in [-0.2, 0) is 0 Å². The number of rotatable bonds is 1. The molecule has 0 fully saturated rings. The Morgan fingerprint density at radius 2 is 2.21 bits per heavy atom. The zero-order valence-corrected chi connectivity index (χ0v) is 8.63. The van der Waals surface area contributed by atoms with Gasteiger partial charge in [-0.3, -0.25) is 4.79 Å². The summed E-state index contributed by atoms with van der Waals surface area (Å²) in [5, 5.41) is 0. The lowest BCUT2D eigenvalue weighted by atomic mass is 10.2. The van der Waals surface area contributed by atoms with E-state index in [0.717, 1.165) is 5.52 Å². The first-order valence-corrected chi connectivity index (χ1v) is 4.62. The van der Waals surface area contributed by atoms with E-state index in [-0.39, 0.29) is 0 Å². The molecule has 14 heavy (non-hydrogen) atoms. The maximum absolute atomic E-state index is 11.0. The normalized spacial score (nSPS) is 10.6. The van der Waals surface area contributed by atoms with E-state index in [1.54, 1.807) is 12.1 Å². The van der Waals surface area contributed by atoms with Gasteiger partial charge in [0.25, 0.3) is 0 Å². The fraction of sp³-hybridized carbons (Fsp3) is 0. The minimum absolute atomic E-state index is 0.313. The molecule has 0 atom stereocenters. The summed E-state index contributed by atoms with van der Waals surface area (Å²) in [4.78, 5) is 17.8. The number of halogens is 1. The number of hydrogen-bond acceptors (Lipinski definition) is 3. The van der Waals surface area contributed by atoms with Crippen LogP contribution in [0.2, 0.25) is 0 Å². The van der Waals surface area contributed by atoms with Crippen molar-refractivity contribution in [3.63, 3.8) is 0 Å². The van der Waals surface area contributed by atoms with Crippen molar-refractivity contribution in [1.29, 1.82) is 0 Å². The fourth-order valence-corrected chi connectivity index (χ4v) is 1.78. The van der Waals surface area contributed by atoms with E-state index in [2.05, 4.69) is 25.9 Å². The highest BCUT2D eigenvalue weighted by molar-refractivity contribution is 9.10. The predicted molar refractivity (Wildman–Crippen MR) is 56.7 cm³/mol. The summed E-state index contributed by atoms with van der Waals surface area (Å²) in [6, 6.07) is 3.31. The fourth-order valence-electron chi connectivity index (χ4n) is 1.24. The van der Waals surface area contributed by atoms with Gasteiger partial charge in [-0.2, -0.15) is 0 Å². The number of primary amides is 1. The van der Waals surface area contributed by atoms with Crippen LogP contribution in [0.4, 0.5) is 5.95 Å². The second-order valence-corrected chi connectivity index (χ2v) is 3.69. The first kappa shape index (κ1) is 9.01. The number of nitrogens with two attached hydrogens (primary N) is 2. The van der Waals surface area contributed by atoms with Crippen molar-refractivity contribution < 1.29 is 4.79 Å². The molecular formula is C8H7BrN4O. The number of anilines is 1. The molecule has 5 N–H and O–H groups in total. The van der Waals surface area contributed by atoms with Gasteiger partial charge in [-0.25, -0.2) is 4.98 Å². The summed E-state index contributed by atoms with van der Waals surface area (Å²) in [6.07, 6.45) is 0. The lowest BCUT2D eigenvalue weighted by Gasteiger charge is -1.98. The van der Waals surface area contributed by atoms with E-state index in [1.165, 1.54) is 0 Å². The maximum Gasteiger partial charge on any atom is 0.249 e. The Balaban J connectivity index is 2.76. The number of imidazole rings is 1. The summed E-state index contributed by atoms with van der Waals surface area (Å²) in [5.74, 6) is -0.186. The second kappa shape index (κ2) is 2.98. The molecule has 0 aliphatic heterocycles. The SMILES string of the molecule is NC(=O)c1cc2nc(N)[nH]c2cc1Br. The van der Waals surface area contributed by atoms with Crippen LogP contribution in [0, 0.1) is 0 Å². The molecule has 0 unspecified atom stereocenters. The number of nitrogen functional groups attached to an aromatic ring is 1. The number of nitrogens with one attached hydrogen (secondary N) is 1. The average Bonchev–Trinajstić information content (AvgIpc) is 2.42. The Morgan fingerprint density at radius 1 is 1.50 bits per heavy atom. The van der Waals surface area contributed by atoms with E-state index in [0.29, 0.717) is 21.5 Å². The van der Waals surface area contributed by atoms with Crippen molar-refractivity contribution in [3.8, 4) is 0 Å². The van der Waals surface area contributed by atoms with E-state index in [4.69, 9.17) is 11.5 Å². The molecule has 6 heteroatoms. The van der Waals surface area contributed by atoms with Crippen LogP contribution < -0.4 is 11.5 Å². The van der Waals surface area contributed by atoms with Gasteiger partial charge in [0.05, 0.1) is 16.6 Å². The Kier molecular flexibility index (Phi) is 1.92. The number of nitrogens with zero attached hydrogens (tertiary/aromatic N) is 1. The maximum atomic E-state index is 11.0. The van der Waals surface area contributed by atoms with Gasteiger partial charge in [-0.1, -0.05) is 0 Å². The monoisotopic (exact) mass is 254 g/mol. The predicted octanol–water partition coefficient (Wildman–Crippen LogP) is 1.01. The minimum atomic E-state index is -0.500. The van der Waals surface area contributed by atoms with Crippen molar-refractivity contribution >= 4 is 38.8 Å². The topological polar surface area (TPSA) is 97.8 Å². The van der Waals surface area contributed by atoms with Gasteiger partial charge in [0.1, 0.15) is 0 Å². The molecule has 72 valence electrons. The molecule has 5 nitrogen and oxygen atoms in total. The van der Waals surface area contributed by atoms with Gasteiger partial charge in [0.2, 0.25) is 5.91 Å². The zero-order chi connectivity index (χ0) is 10.3. The van der Waals surface area contributed by atoms with E-state index in [1.807, 2.05) is 0 Å². The zero-order valence-electron chi connectivity index (χ0n) is 7.04. The molecule has 0 aliphatic rings. The van der Waals surface area contributed by atoms with Gasteiger partial charge in [-0.15, -0.1) is 0 Å². The summed E-state index contributed by atoms with van der Waals surface area (Å²) in [7, 11) is 0. The molecule has 0 spiro atoms. The van der Waals surface area contributed by atoms with Crippen LogP contribution in [0.1, 0.15) is 10.4 Å². The molecule has 0 saturated carbocycles. The summed E-state index contributed by atoms with van der Waals surface area (Å²) in [5.41, 5.74) is 12.4. The van der Waals surface area contributed by atoms with Crippen molar-refractivity contribution in [2.24, 2.45) is 5.73 Å². The van der Waals surface area contributed by atoms with Gasteiger partial charge in [0, 0.05) is 4.47 Å². The molecule has 1 aromatic heterocycles. The lowest BCUT2D eigenvalue weighted by Crippen LogP contribution is -2.11. The molecule has 0 aliphatic carbocycles. The van der Waals surface area contributed by atoms with Gasteiger partial charge in [0.15, 0.2) is 5.95 Å². The highest BCUT2D eigenvalue weighted by Crippen LogP contribution is 2.23. The number of carbonyl (C=O) groups excluding carboxylic acids is 1. The number of carbonyl (C=O) groups is 1. The van der Waals surface area contributed by atoms with Crippen LogP contribution in [0.5, 0.6) is 0 Å². The molecule has 2 aromatic rings. The first-order valence-electron chi connectivity index (χ1n) is 3.82. The standard InChI is InChI=1S/C8H7BrN4O/c9-4-2-6-5(12-8(11)13-6)1-3(4)7(10)14/h1-2H,(H2,10,14)(H3,11,12,13). The third-order valence-electron chi connectivity index (χ3n) is 1.85. The second-order valence-electron chi connectivity index (χ2n) is 2.84. The lowest BCUT2D eigenvalue weighted by molar-refractivity contribution is 0.0999. The van der Waals surface area contributed by atoms with Crippen molar-refractivity contribution in [1.82, 2.24) is 9.97 Å².